The molecule has 117 heavy (non-hydrogen) atoms. The number of nitrogens with zero attached hydrogens (tertiary/aromatic N) is 20. The van der Waals surface area contributed by atoms with Crippen molar-refractivity contribution in [3.05, 3.63) is 157 Å². The number of hydrogen-bond acceptors (Lipinski definition) is 21. The quantitative estimate of drug-likeness (QED) is 0.0534. The number of rotatable bonds is 25. The highest BCUT2D eigenvalue weighted by atomic mass is 16.3. The van der Waals surface area contributed by atoms with E-state index in [4.69, 9.17) is 10.4 Å². The number of nitriles is 1. The molecule has 0 atom stereocenters. The lowest BCUT2D eigenvalue weighted by Crippen LogP contribution is -2.49. The van der Waals surface area contributed by atoms with Crippen LogP contribution in [0, 0.1) is 17.2 Å². The number of unbranched alkanes of at least 4 members (excludes halogenated alkanes) is 1. The number of β-amino-alcohol motifs (C(OH)–C–C–N with tert-alkyl or cyclic N) is 1. The van der Waals surface area contributed by atoms with Crippen molar-refractivity contribution in [1.82, 2.24) is 64.2 Å². The smallest absolute Gasteiger partial charge is 0.236 e. The Morgan fingerprint density at radius 1 is 0.410 bits per heavy atom. The van der Waals surface area contributed by atoms with E-state index in [1.54, 1.807) is 4.90 Å². The van der Waals surface area contributed by atoms with Crippen LogP contribution in [-0.2, 0) is 4.79 Å². The van der Waals surface area contributed by atoms with Crippen LogP contribution in [-0.4, -0.2) is 292 Å². The summed E-state index contributed by atoms with van der Waals surface area (Å²) in [5, 5.41) is 17.5. The molecule has 22 nitrogen and oxygen atoms in total. The van der Waals surface area contributed by atoms with Crippen molar-refractivity contribution in [2.45, 2.75) is 177 Å². The van der Waals surface area contributed by atoms with Gasteiger partial charge in [-0.25, -0.2) is 0 Å². The maximum Gasteiger partial charge on any atom is 0.236 e. The first-order chi connectivity index (χ1) is 56.5. The van der Waals surface area contributed by atoms with Crippen molar-refractivity contribution < 1.29 is 9.90 Å². The molecule has 0 spiro atoms. The molecule has 22 heteroatoms. The SMILES string of the molecule is C=CCN1CCN(c2cncc(C(C)C)c2)CC1.CC(C)c1cncc(N2CCN(CC(=O)N(C)C)CC2)c1.CC(C)c1cncc(N2CCN(CC3CCCCC3)CC2)c1.CC(C)c1cncc(N2CCN(CCC#N)CC2)c1.CC(C)c1cncc(N2CCN(CCO)CC2)c1.CCCCN1CCN(c2cncc(C(C)C)c2)CC1. The van der Waals surface area contributed by atoms with E-state index in [1.807, 2.05) is 94.5 Å². The van der Waals surface area contributed by atoms with E-state index < -0.39 is 0 Å². The zero-order valence-corrected chi connectivity index (χ0v) is 75.1. The summed E-state index contributed by atoms with van der Waals surface area (Å²) < 4.78 is 0. The molecule has 6 aliphatic heterocycles. The first kappa shape index (κ1) is 94.6. The standard InChI is InChI=1S/C19H31N3.C16H26N4O.C16H27N3.C15H22N4.C15H23N3.C14H23N3O/c1-16(2)18-12-19(14-20-13-18)22-10-8-21(9-11-22)15-17-6-4-3-5-7-17;1-13(2)14-9-15(11-17-10-14)20-7-5-19(6-8-20)12-16(21)18(3)4;1-4-5-6-18-7-9-19(10-8-18)16-11-15(14(2)3)12-17-13-16;1-13(2)14-10-15(12-17-11-14)19-8-6-18(7-9-19)5-3-4-16;1-4-5-17-6-8-18(9-7-17)15-10-14(13(2)3)11-16-12-15;1-12(2)13-9-14(11-15-10-13)17-5-3-16(4-6-17)7-8-18/h12-14,16-17H,3-11,15H2,1-2H3;9-11,13H,5-8,12H2,1-4H3;11-14H,4-10H2,1-3H3;10-13H,3,5-9H2,1-2H3;4,10-13H,1,5-9H2,2-3H3;9-12,18H,3-8H2,1-2H3. The minimum absolute atomic E-state index is 0.173. The highest BCUT2D eigenvalue weighted by molar-refractivity contribution is 5.77. The maximum atomic E-state index is 11.7. The van der Waals surface area contributed by atoms with Gasteiger partial charge in [0.15, 0.2) is 0 Å². The summed E-state index contributed by atoms with van der Waals surface area (Å²) in [6, 6.07) is 15.9. The van der Waals surface area contributed by atoms with Crippen LogP contribution >= 0.6 is 0 Å². The van der Waals surface area contributed by atoms with Crippen molar-refractivity contribution in [2.75, 3.05) is 246 Å². The predicted octanol–water partition coefficient (Wildman–Crippen LogP) is 14.5. The molecule has 7 aliphatic rings. The number of anilines is 6. The van der Waals surface area contributed by atoms with Gasteiger partial charge in [0, 0.05) is 241 Å². The van der Waals surface area contributed by atoms with Crippen molar-refractivity contribution in [3.8, 4) is 6.07 Å². The average Bonchev–Trinajstić information content (AvgIpc) is 0.882. The highest BCUT2D eigenvalue weighted by Crippen LogP contribution is 2.30. The molecule has 1 N–H and O–H groups in total. The molecular formula is C95H152N20O2. The molecule has 6 aromatic rings. The fraction of sp³-hybridized carbons (Fsp3) is 0.642. The van der Waals surface area contributed by atoms with Gasteiger partial charge in [-0.3, -0.25) is 64.1 Å². The first-order valence-corrected chi connectivity index (χ1v) is 44.8. The third-order valence-electron chi connectivity index (χ3n) is 24.2. The fourth-order valence-electron chi connectivity index (χ4n) is 15.8. The van der Waals surface area contributed by atoms with E-state index >= 15 is 0 Å². The van der Waals surface area contributed by atoms with E-state index in [2.05, 4.69) is 228 Å². The zero-order chi connectivity index (χ0) is 84.0. The monoisotopic (exact) mass is 1610 g/mol. The Balaban J connectivity index is 0.000000176. The molecule has 0 unspecified atom stereocenters. The summed E-state index contributed by atoms with van der Waals surface area (Å²) in [6.45, 7) is 64.3. The van der Waals surface area contributed by atoms with Gasteiger partial charge in [-0.2, -0.15) is 5.26 Å². The molecule has 6 aromatic heterocycles. The Kier molecular flexibility index (Phi) is 41.2. The van der Waals surface area contributed by atoms with E-state index in [9.17, 15) is 4.79 Å². The second-order valence-corrected chi connectivity index (χ2v) is 35.2. The predicted molar refractivity (Wildman–Crippen MR) is 490 cm³/mol. The summed E-state index contributed by atoms with van der Waals surface area (Å²) in [7, 11) is 3.61. The van der Waals surface area contributed by atoms with Gasteiger partial charge in [0.1, 0.15) is 0 Å². The number of pyridine rings is 6. The van der Waals surface area contributed by atoms with Crippen molar-refractivity contribution in [3.63, 3.8) is 0 Å². The van der Waals surface area contributed by atoms with Crippen LogP contribution in [0.25, 0.3) is 0 Å². The van der Waals surface area contributed by atoms with Crippen molar-refractivity contribution in [2.24, 2.45) is 5.92 Å². The van der Waals surface area contributed by atoms with Gasteiger partial charge in [0.25, 0.3) is 0 Å². The number of aliphatic hydroxyl groups is 1. The number of aliphatic hydroxyl groups excluding tert-OH is 1. The summed E-state index contributed by atoms with van der Waals surface area (Å²) >= 11 is 0. The largest absolute Gasteiger partial charge is 0.395 e. The van der Waals surface area contributed by atoms with Gasteiger partial charge >= 0.3 is 0 Å². The molecule has 12 heterocycles. The lowest BCUT2D eigenvalue weighted by Gasteiger charge is -2.38. The lowest BCUT2D eigenvalue weighted by molar-refractivity contribution is -0.130. The molecule has 7 fully saturated rings. The minimum atomic E-state index is 0.173. The number of hydrogen-bond donors (Lipinski definition) is 1. The molecule has 644 valence electrons. The summed E-state index contributed by atoms with van der Waals surface area (Å²) in [6.07, 6.45) is 36.2. The summed E-state index contributed by atoms with van der Waals surface area (Å²) in [4.78, 5) is 68.8. The number of likely N-dealkylation sites (N-methyl/N-ethyl adjacent to an activating group) is 1. The fourth-order valence-corrected chi connectivity index (χ4v) is 15.8. The number of amides is 1. The Bertz CT molecular complexity index is 3790. The number of carbonyl (C=O) groups excluding carboxylic acids is 1. The van der Waals surface area contributed by atoms with Crippen LogP contribution in [0.4, 0.5) is 34.1 Å². The van der Waals surface area contributed by atoms with E-state index in [-0.39, 0.29) is 12.5 Å². The van der Waals surface area contributed by atoms with Gasteiger partial charge in [-0.05, 0) is 137 Å². The van der Waals surface area contributed by atoms with Gasteiger partial charge in [0.2, 0.25) is 5.91 Å². The number of piperazine rings is 6. The van der Waals surface area contributed by atoms with Crippen molar-refractivity contribution >= 4 is 40.0 Å². The van der Waals surface area contributed by atoms with E-state index in [0.29, 0.717) is 48.5 Å². The van der Waals surface area contributed by atoms with Crippen LogP contribution in [0.2, 0.25) is 0 Å². The van der Waals surface area contributed by atoms with E-state index in [1.165, 1.54) is 152 Å². The topological polar surface area (TPSA) is 181 Å². The Morgan fingerprint density at radius 3 is 0.949 bits per heavy atom. The molecule has 6 saturated heterocycles. The summed E-state index contributed by atoms with van der Waals surface area (Å²) in [5.74, 6) is 4.32. The molecular weight excluding hydrogens is 1450 g/mol. The molecule has 1 amide bonds. The second kappa shape index (κ2) is 50.9. The average molecular weight is 1610 g/mol. The van der Waals surface area contributed by atoms with Gasteiger partial charge in [0.05, 0.1) is 90.5 Å². The summed E-state index contributed by atoms with van der Waals surface area (Å²) in [5.41, 5.74) is 15.4. The molecule has 1 aliphatic carbocycles. The first-order valence-electron chi connectivity index (χ1n) is 44.8. The van der Waals surface area contributed by atoms with Crippen molar-refractivity contribution in [1.29, 1.82) is 5.26 Å². The van der Waals surface area contributed by atoms with Gasteiger partial charge in [-0.1, -0.05) is 122 Å². The maximum absolute atomic E-state index is 11.7. The third-order valence-corrected chi connectivity index (χ3v) is 24.2. The normalized spacial score (nSPS) is 17.8. The van der Waals surface area contributed by atoms with Crippen LogP contribution in [0.15, 0.2) is 123 Å². The molecule has 0 aromatic carbocycles. The highest BCUT2D eigenvalue weighted by Gasteiger charge is 2.26. The zero-order valence-electron chi connectivity index (χ0n) is 75.1. The Morgan fingerprint density at radius 2 is 0.684 bits per heavy atom. The Labute approximate surface area is 707 Å². The molecule has 0 bridgehead atoms. The molecule has 13 rings (SSSR count). The van der Waals surface area contributed by atoms with Crippen LogP contribution in [0.5, 0.6) is 0 Å². The van der Waals surface area contributed by atoms with Crippen LogP contribution in [0.3, 0.4) is 0 Å². The third kappa shape index (κ3) is 32.3. The Hall–Kier alpha value is -7.88. The molecule has 1 saturated carbocycles. The van der Waals surface area contributed by atoms with Gasteiger partial charge in [-0.15, -0.1) is 6.58 Å². The van der Waals surface area contributed by atoms with Gasteiger partial charge < -0.3 is 39.4 Å². The number of carbonyl (C=O) groups is 1. The van der Waals surface area contributed by atoms with Crippen LogP contribution in [0.1, 0.15) is 210 Å². The lowest BCUT2D eigenvalue weighted by atomic mass is 9.89. The van der Waals surface area contributed by atoms with Crippen LogP contribution < -0.4 is 29.4 Å². The van der Waals surface area contributed by atoms with E-state index in [0.717, 1.165) is 156 Å². The number of aromatic nitrogens is 6. The second-order valence-electron chi connectivity index (χ2n) is 35.2. The minimum Gasteiger partial charge on any atom is -0.395 e. The molecule has 0 radical (unpaired) electrons.